The SMILES string of the molecule is CC(C)C(NC(=O)c1ccc(Cl)cc1)C(=O)NCC(C)(C)N.Cl. The molecule has 2 amide bonds. The summed E-state index contributed by atoms with van der Waals surface area (Å²) in [6.07, 6.45) is 0. The number of benzene rings is 1. The number of hydrogen-bond donors (Lipinski definition) is 3. The van der Waals surface area contributed by atoms with Crippen LogP contribution in [0.15, 0.2) is 24.3 Å². The topological polar surface area (TPSA) is 84.2 Å². The quantitative estimate of drug-likeness (QED) is 0.726. The van der Waals surface area contributed by atoms with Gasteiger partial charge in [-0.2, -0.15) is 0 Å². The Morgan fingerprint density at radius 2 is 1.74 bits per heavy atom. The number of nitrogens with two attached hydrogens (primary N) is 1. The zero-order valence-corrected chi connectivity index (χ0v) is 15.4. The standard InChI is InChI=1S/C16H24ClN3O2.ClH/c1-10(2)13(15(22)19-9-16(3,4)18)20-14(21)11-5-7-12(17)8-6-11;/h5-8,10,13H,9,18H2,1-4H3,(H,19,22)(H,20,21);1H. The van der Waals surface area contributed by atoms with Gasteiger partial charge in [0.15, 0.2) is 0 Å². The Labute approximate surface area is 148 Å². The van der Waals surface area contributed by atoms with E-state index in [2.05, 4.69) is 10.6 Å². The van der Waals surface area contributed by atoms with E-state index in [1.54, 1.807) is 24.3 Å². The molecule has 1 atom stereocenters. The van der Waals surface area contributed by atoms with Crippen LogP contribution in [0, 0.1) is 5.92 Å². The number of carbonyl (C=O) groups excluding carboxylic acids is 2. The maximum Gasteiger partial charge on any atom is 0.251 e. The average molecular weight is 362 g/mol. The van der Waals surface area contributed by atoms with Gasteiger partial charge in [0, 0.05) is 22.7 Å². The van der Waals surface area contributed by atoms with E-state index < -0.39 is 11.6 Å². The maximum atomic E-state index is 12.2. The summed E-state index contributed by atoms with van der Waals surface area (Å²) in [6.45, 7) is 7.74. The Hall–Kier alpha value is -1.30. The number of halogens is 2. The second-order valence-electron chi connectivity index (χ2n) is 6.41. The molecule has 0 spiro atoms. The average Bonchev–Trinajstić information content (AvgIpc) is 2.41. The highest BCUT2D eigenvalue weighted by Gasteiger charge is 2.25. The van der Waals surface area contributed by atoms with Crippen molar-refractivity contribution in [2.24, 2.45) is 11.7 Å². The van der Waals surface area contributed by atoms with Gasteiger partial charge in [0.2, 0.25) is 5.91 Å². The van der Waals surface area contributed by atoms with E-state index in [9.17, 15) is 9.59 Å². The monoisotopic (exact) mass is 361 g/mol. The summed E-state index contributed by atoms with van der Waals surface area (Å²) in [6, 6.07) is 5.90. The summed E-state index contributed by atoms with van der Waals surface area (Å²) in [5.74, 6) is -0.592. The largest absolute Gasteiger partial charge is 0.352 e. The third kappa shape index (κ3) is 7.68. The molecule has 0 aliphatic rings. The van der Waals surface area contributed by atoms with Gasteiger partial charge >= 0.3 is 0 Å². The fourth-order valence-electron chi connectivity index (χ4n) is 1.79. The molecule has 1 aromatic rings. The Morgan fingerprint density at radius 3 is 2.17 bits per heavy atom. The molecule has 23 heavy (non-hydrogen) atoms. The van der Waals surface area contributed by atoms with Crippen LogP contribution in [0.1, 0.15) is 38.1 Å². The van der Waals surface area contributed by atoms with Gasteiger partial charge in [-0.15, -0.1) is 12.4 Å². The molecule has 0 bridgehead atoms. The van der Waals surface area contributed by atoms with Crippen LogP contribution in [-0.2, 0) is 4.79 Å². The first-order valence-corrected chi connectivity index (χ1v) is 7.61. The van der Waals surface area contributed by atoms with E-state index in [0.29, 0.717) is 17.1 Å². The van der Waals surface area contributed by atoms with E-state index in [0.717, 1.165) is 0 Å². The summed E-state index contributed by atoms with van der Waals surface area (Å²) in [4.78, 5) is 24.5. The van der Waals surface area contributed by atoms with Crippen molar-refractivity contribution in [2.75, 3.05) is 6.54 Å². The minimum atomic E-state index is -0.620. The van der Waals surface area contributed by atoms with Gasteiger partial charge in [0.1, 0.15) is 6.04 Å². The van der Waals surface area contributed by atoms with Crippen LogP contribution in [0.2, 0.25) is 5.02 Å². The van der Waals surface area contributed by atoms with E-state index in [-0.39, 0.29) is 30.1 Å². The molecule has 0 saturated heterocycles. The van der Waals surface area contributed by atoms with Gasteiger partial charge in [-0.3, -0.25) is 9.59 Å². The number of hydrogen-bond acceptors (Lipinski definition) is 3. The Bertz CT molecular complexity index is 525. The summed E-state index contributed by atoms with van der Waals surface area (Å²) < 4.78 is 0. The molecule has 0 heterocycles. The van der Waals surface area contributed by atoms with Crippen LogP contribution < -0.4 is 16.4 Å². The molecule has 5 nitrogen and oxygen atoms in total. The Morgan fingerprint density at radius 1 is 1.22 bits per heavy atom. The highest BCUT2D eigenvalue weighted by Crippen LogP contribution is 2.10. The fraction of sp³-hybridized carbons (Fsp3) is 0.500. The predicted molar refractivity (Wildman–Crippen MR) is 96.1 cm³/mol. The van der Waals surface area contributed by atoms with Crippen molar-refractivity contribution in [1.82, 2.24) is 10.6 Å². The number of amides is 2. The van der Waals surface area contributed by atoms with Gasteiger partial charge < -0.3 is 16.4 Å². The van der Waals surface area contributed by atoms with Crippen LogP contribution in [0.5, 0.6) is 0 Å². The van der Waals surface area contributed by atoms with Crippen molar-refractivity contribution in [1.29, 1.82) is 0 Å². The van der Waals surface area contributed by atoms with Crippen molar-refractivity contribution in [3.63, 3.8) is 0 Å². The maximum absolute atomic E-state index is 12.2. The lowest BCUT2D eigenvalue weighted by Crippen LogP contribution is -2.53. The number of rotatable bonds is 6. The normalized spacial score (nSPS) is 12.3. The first-order chi connectivity index (χ1) is 10.1. The van der Waals surface area contributed by atoms with Crippen LogP contribution in [0.4, 0.5) is 0 Å². The minimum Gasteiger partial charge on any atom is -0.352 e. The van der Waals surface area contributed by atoms with Gasteiger partial charge in [0.25, 0.3) is 5.91 Å². The molecule has 1 unspecified atom stereocenters. The molecule has 0 aliphatic carbocycles. The molecule has 0 aliphatic heterocycles. The van der Waals surface area contributed by atoms with E-state index in [1.807, 2.05) is 27.7 Å². The number of carbonyl (C=O) groups is 2. The van der Waals surface area contributed by atoms with Gasteiger partial charge in [-0.05, 0) is 44.0 Å². The fourth-order valence-corrected chi connectivity index (χ4v) is 1.91. The summed E-state index contributed by atoms with van der Waals surface area (Å²) in [7, 11) is 0. The lowest BCUT2D eigenvalue weighted by atomic mass is 10.0. The summed E-state index contributed by atoms with van der Waals surface area (Å²) >= 11 is 5.80. The molecule has 7 heteroatoms. The molecule has 1 rings (SSSR count). The smallest absolute Gasteiger partial charge is 0.251 e. The third-order valence-electron chi connectivity index (χ3n) is 3.06. The summed E-state index contributed by atoms with van der Waals surface area (Å²) in [5.41, 5.74) is 5.81. The predicted octanol–water partition coefficient (Wildman–Crippen LogP) is 2.37. The van der Waals surface area contributed by atoms with Crippen LogP contribution in [-0.4, -0.2) is 29.9 Å². The minimum absolute atomic E-state index is 0. The van der Waals surface area contributed by atoms with Crippen LogP contribution in [0.3, 0.4) is 0 Å². The second kappa shape index (κ2) is 9.11. The molecular weight excluding hydrogens is 337 g/mol. The second-order valence-corrected chi connectivity index (χ2v) is 6.84. The van der Waals surface area contributed by atoms with Crippen LogP contribution in [0.25, 0.3) is 0 Å². The first kappa shape index (κ1) is 21.7. The zero-order valence-electron chi connectivity index (χ0n) is 13.9. The zero-order chi connectivity index (χ0) is 16.9. The van der Waals surface area contributed by atoms with Crippen molar-refractivity contribution < 1.29 is 9.59 Å². The van der Waals surface area contributed by atoms with Crippen molar-refractivity contribution in [3.8, 4) is 0 Å². The van der Waals surface area contributed by atoms with Gasteiger partial charge in [-0.1, -0.05) is 25.4 Å². The van der Waals surface area contributed by atoms with Gasteiger partial charge in [-0.25, -0.2) is 0 Å². The molecular formula is C16H25Cl2N3O2. The molecule has 1 aromatic carbocycles. The van der Waals surface area contributed by atoms with Crippen LogP contribution >= 0.6 is 24.0 Å². The van der Waals surface area contributed by atoms with E-state index >= 15 is 0 Å². The molecule has 130 valence electrons. The lowest BCUT2D eigenvalue weighted by molar-refractivity contribution is -0.124. The third-order valence-corrected chi connectivity index (χ3v) is 3.31. The first-order valence-electron chi connectivity index (χ1n) is 7.23. The molecule has 0 radical (unpaired) electrons. The highest BCUT2D eigenvalue weighted by molar-refractivity contribution is 6.30. The van der Waals surface area contributed by atoms with Crippen molar-refractivity contribution >= 4 is 35.8 Å². The highest BCUT2D eigenvalue weighted by atomic mass is 35.5. The molecule has 0 saturated carbocycles. The molecule has 4 N–H and O–H groups in total. The van der Waals surface area contributed by atoms with E-state index in [1.165, 1.54) is 0 Å². The van der Waals surface area contributed by atoms with E-state index in [4.69, 9.17) is 17.3 Å². The van der Waals surface area contributed by atoms with Gasteiger partial charge in [0.05, 0.1) is 0 Å². The number of nitrogens with one attached hydrogen (secondary N) is 2. The summed E-state index contributed by atoms with van der Waals surface area (Å²) in [5, 5.41) is 6.08. The lowest BCUT2D eigenvalue weighted by Gasteiger charge is -2.25. The van der Waals surface area contributed by atoms with Crippen molar-refractivity contribution in [3.05, 3.63) is 34.9 Å². The Kier molecular flexibility index (Phi) is 8.59. The molecule has 0 aromatic heterocycles. The Balaban J connectivity index is 0.00000484. The molecule has 0 fully saturated rings. The van der Waals surface area contributed by atoms with Crippen molar-refractivity contribution in [2.45, 2.75) is 39.3 Å².